The van der Waals surface area contributed by atoms with Crippen LogP contribution in [0.15, 0.2) is 48.5 Å². The Bertz CT molecular complexity index is 640. The summed E-state index contributed by atoms with van der Waals surface area (Å²) in [6, 6.07) is 15.1. The Labute approximate surface area is 131 Å². The minimum Gasteiger partial charge on any atom is -0.493 e. The molecule has 0 aliphatic carbocycles. The highest BCUT2D eigenvalue weighted by Crippen LogP contribution is 2.29. The highest BCUT2D eigenvalue weighted by Gasteiger charge is 2.20. The molecule has 0 radical (unpaired) electrons. The molecule has 22 heavy (non-hydrogen) atoms. The SMILES string of the molecule is COc1ccc(C(=O)N(C)C(C)c2ccccc2)cc1OC. The average Bonchev–Trinajstić information content (AvgIpc) is 2.59. The fourth-order valence-corrected chi connectivity index (χ4v) is 2.30. The molecule has 0 fully saturated rings. The Balaban J connectivity index is 2.24. The molecule has 1 amide bonds. The summed E-state index contributed by atoms with van der Waals surface area (Å²) in [5.41, 5.74) is 1.67. The van der Waals surface area contributed by atoms with Gasteiger partial charge in [-0.3, -0.25) is 4.79 Å². The zero-order valence-electron chi connectivity index (χ0n) is 13.4. The van der Waals surface area contributed by atoms with Gasteiger partial charge in [-0.05, 0) is 30.7 Å². The summed E-state index contributed by atoms with van der Waals surface area (Å²) in [7, 11) is 4.93. The Hall–Kier alpha value is -2.49. The molecule has 0 N–H and O–H groups in total. The minimum atomic E-state index is -0.0580. The van der Waals surface area contributed by atoms with Crippen LogP contribution in [0.5, 0.6) is 11.5 Å². The average molecular weight is 299 g/mol. The van der Waals surface area contributed by atoms with Gasteiger partial charge in [0.25, 0.3) is 5.91 Å². The first-order valence-corrected chi connectivity index (χ1v) is 7.12. The van der Waals surface area contributed by atoms with Gasteiger partial charge in [0, 0.05) is 12.6 Å². The van der Waals surface area contributed by atoms with E-state index in [9.17, 15) is 4.79 Å². The Morgan fingerprint density at radius 1 is 1.00 bits per heavy atom. The van der Waals surface area contributed by atoms with Crippen molar-refractivity contribution in [3.63, 3.8) is 0 Å². The lowest BCUT2D eigenvalue weighted by atomic mass is 10.1. The van der Waals surface area contributed by atoms with Crippen molar-refractivity contribution in [2.45, 2.75) is 13.0 Å². The quantitative estimate of drug-likeness (QED) is 0.847. The Morgan fingerprint density at radius 3 is 2.23 bits per heavy atom. The fourth-order valence-electron chi connectivity index (χ4n) is 2.30. The van der Waals surface area contributed by atoms with E-state index in [2.05, 4.69) is 0 Å². The highest BCUT2D eigenvalue weighted by molar-refractivity contribution is 5.95. The lowest BCUT2D eigenvalue weighted by molar-refractivity contribution is 0.0742. The van der Waals surface area contributed by atoms with Gasteiger partial charge in [0.05, 0.1) is 20.3 Å². The van der Waals surface area contributed by atoms with Crippen LogP contribution in [0.2, 0.25) is 0 Å². The molecule has 0 saturated carbocycles. The first-order chi connectivity index (χ1) is 10.6. The number of hydrogen-bond donors (Lipinski definition) is 0. The van der Waals surface area contributed by atoms with E-state index in [1.54, 1.807) is 44.4 Å². The number of hydrogen-bond acceptors (Lipinski definition) is 3. The summed E-state index contributed by atoms with van der Waals surface area (Å²) < 4.78 is 10.5. The van der Waals surface area contributed by atoms with Crippen molar-refractivity contribution in [3.05, 3.63) is 59.7 Å². The summed E-state index contributed by atoms with van der Waals surface area (Å²) in [6.45, 7) is 2.01. The van der Waals surface area contributed by atoms with Gasteiger partial charge in [-0.1, -0.05) is 30.3 Å². The van der Waals surface area contributed by atoms with Gasteiger partial charge >= 0.3 is 0 Å². The lowest BCUT2D eigenvalue weighted by Gasteiger charge is -2.25. The molecular weight excluding hydrogens is 278 g/mol. The second-order valence-corrected chi connectivity index (χ2v) is 5.07. The number of benzene rings is 2. The van der Waals surface area contributed by atoms with Crippen LogP contribution in [0.1, 0.15) is 28.9 Å². The van der Waals surface area contributed by atoms with E-state index in [-0.39, 0.29) is 11.9 Å². The van der Waals surface area contributed by atoms with E-state index >= 15 is 0 Å². The molecule has 4 nitrogen and oxygen atoms in total. The summed E-state index contributed by atoms with van der Waals surface area (Å²) in [5.74, 6) is 1.10. The standard InChI is InChI=1S/C18H21NO3/c1-13(14-8-6-5-7-9-14)19(2)18(20)15-10-11-16(21-3)17(12-15)22-4/h5-13H,1-4H3. The van der Waals surface area contributed by atoms with Gasteiger partial charge in [-0.15, -0.1) is 0 Å². The molecule has 0 heterocycles. The largest absolute Gasteiger partial charge is 0.493 e. The molecule has 2 aromatic rings. The summed E-state index contributed by atoms with van der Waals surface area (Å²) in [5, 5.41) is 0. The first kappa shape index (κ1) is 15.9. The van der Waals surface area contributed by atoms with Crippen LogP contribution < -0.4 is 9.47 Å². The van der Waals surface area contributed by atoms with Gasteiger partial charge in [0.15, 0.2) is 11.5 Å². The first-order valence-electron chi connectivity index (χ1n) is 7.12. The molecule has 1 atom stereocenters. The third-order valence-electron chi connectivity index (χ3n) is 3.81. The maximum atomic E-state index is 12.7. The molecule has 116 valence electrons. The molecule has 0 aliphatic heterocycles. The maximum Gasteiger partial charge on any atom is 0.254 e. The van der Waals surface area contributed by atoms with Gasteiger partial charge < -0.3 is 14.4 Å². The summed E-state index contributed by atoms with van der Waals surface area (Å²) >= 11 is 0. The fraction of sp³-hybridized carbons (Fsp3) is 0.278. The van der Waals surface area contributed by atoms with Gasteiger partial charge in [-0.25, -0.2) is 0 Å². The monoisotopic (exact) mass is 299 g/mol. The number of amides is 1. The topological polar surface area (TPSA) is 38.8 Å². The molecule has 1 unspecified atom stereocenters. The van der Waals surface area contributed by atoms with Crippen molar-refractivity contribution < 1.29 is 14.3 Å². The lowest BCUT2D eigenvalue weighted by Crippen LogP contribution is -2.29. The zero-order chi connectivity index (χ0) is 16.1. The van der Waals surface area contributed by atoms with Crippen LogP contribution in [0.25, 0.3) is 0 Å². The van der Waals surface area contributed by atoms with E-state index in [1.165, 1.54) is 0 Å². The predicted molar refractivity (Wildman–Crippen MR) is 86.5 cm³/mol. The number of rotatable bonds is 5. The highest BCUT2D eigenvalue weighted by atomic mass is 16.5. The molecule has 4 heteroatoms. The molecule has 0 bridgehead atoms. The van der Waals surface area contributed by atoms with Crippen LogP contribution >= 0.6 is 0 Å². The molecule has 0 aliphatic rings. The number of carbonyl (C=O) groups excluding carboxylic acids is 1. The second kappa shape index (κ2) is 6.98. The molecule has 0 spiro atoms. The van der Waals surface area contributed by atoms with Gasteiger partial charge in [-0.2, -0.15) is 0 Å². The zero-order valence-corrected chi connectivity index (χ0v) is 13.4. The van der Waals surface area contributed by atoms with Gasteiger partial charge in [0.1, 0.15) is 0 Å². The third-order valence-corrected chi connectivity index (χ3v) is 3.81. The second-order valence-electron chi connectivity index (χ2n) is 5.07. The van der Waals surface area contributed by atoms with Crippen LogP contribution in [-0.2, 0) is 0 Å². The number of nitrogens with zero attached hydrogens (tertiary/aromatic N) is 1. The van der Waals surface area contributed by atoms with E-state index in [4.69, 9.17) is 9.47 Å². The van der Waals surface area contributed by atoms with Crippen LogP contribution in [0, 0.1) is 0 Å². The minimum absolute atomic E-state index is 0.0122. The van der Waals surface area contributed by atoms with E-state index in [0.29, 0.717) is 17.1 Å². The molecule has 0 aromatic heterocycles. The van der Waals surface area contributed by atoms with Crippen molar-refractivity contribution in [1.82, 2.24) is 4.90 Å². The van der Waals surface area contributed by atoms with E-state index in [0.717, 1.165) is 5.56 Å². The summed E-state index contributed by atoms with van der Waals surface area (Å²) in [4.78, 5) is 14.4. The third kappa shape index (κ3) is 3.22. The van der Waals surface area contributed by atoms with Crippen molar-refractivity contribution in [1.29, 1.82) is 0 Å². The van der Waals surface area contributed by atoms with Crippen molar-refractivity contribution >= 4 is 5.91 Å². The molecule has 2 rings (SSSR count). The van der Waals surface area contributed by atoms with Crippen molar-refractivity contribution in [3.8, 4) is 11.5 Å². The van der Waals surface area contributed by atoms with Crippen LogP contribution in [0.3, 0.4) is 0 Å². The Kier molecular flexibility index (Phi) is 5.04. The van der Waals surface area contributed by atoms with E-state index < -0.39 is 0 Å². The predicted octanol–water partition coefficient (Wildman–Crippen LogP) is 3.54. The number of methoxy groups -OCH3 is 2. The van der Waals surface area contributed by atoms with Crippen molar-refractivity contribution in [2.75, 3.05) is 21.3 Å². The smallest absolute Gasteiger partial charge is 0.254 e. The number of carbonyl (C=O) groups is 1. The molecule has 0 saturated heterocycles. The maximum absolute atomic E-state index is 12.7. The van der Waals surface area contributed by atoms with Crippen molar-refractivity contribution in [2.24, 2.45) is 0 Å². The van der Waals surface area contributed by atoms with E-state index in [1.807, 2.05) is 37.3 Å². The van der Waals surface area contributed by atoms with Crippen LogP contribution in [-0.4, -0.2) is 32.1 Å². The normalized spacial score (nSPS) is 11.6. The van der Waals surface area contributed by atoms with Gasteiger partial charge in [0.2, 0.25) is 0 Å². The Morgan fingerprint density at radius 2 is 1.64 bits per heavy atom. The number of ether oxygens (including phenoxy) is 2. The summed E-state index contributed by atoms with van der Waals surface area (Å²) in [6.07, 6.45) is 0. The van der Waals surface area contributed by atoms with Crippen LogP contribution in [0.4, 0.5) is 0 Å². The molecule has 2 aromatic carbocycles. The molecular formula is C18H21NO3.